The lowest BCUT2D eigenvalue weighted by Gasteiger charge is -2.07. The first-order chi connectivity index (χ1) is 7.74. The molecule has 0 saturated carbocycles. The Hall–Kier alpha value is -1.55. The van der Waals surface area contributed by atoms with Gasteiger partial charge in [-0.25, -0.2) is 0 Å². The Bertz CT molecular complexity index is 467. The Morgan fingerprint density at radius 1 is 1.38 bits per heavy atom. The van der Waals surface area contributed by atoms with Gasteiger partial charge in [-0.05, 0) is 24.6 Å². The highest BCUT2D eigenvalue weighted by Gasteiger charge is 2.06. The van der Waals surface area contributed by atoms with Gasteiger partial charge in [-0.3, -0.25) is 4.68 Å². The molecule has 4 heteroatoms. The minimum atomic E-state index is 0.575. The van der Waals surface area contributed by atoms with Gasteiger partial charge in [0, 0.05) is 25.5 Å². The van der Waals surface area contributed by atoms with E-state index in [1.807, 2.05) is 17.8 Å². The molecule has 0 atom stereocenters. The lowest BCUT2D eigenvalue weighted by Crippen LogP contribution is -2.10. The third-order valence-corrected chi connectivity index (χ3v) is 2.85. The SMILES string of the molecule is CCc1cc(Cn2cccc2CN)n(C)n1. The van der Waals surface area contributed by atoms with Crippen molar-refractivity contribution in [3.63, 3.8) is 0 Å². The van der Waals surface area contributed by atoms with Gasteiger partial charge in [-0.1, -0.05) is 6.92 Å². The predicted octanol–water partition coefficient (Wildman–Crippen LogP) is 1.29. The molecule has 0 aliphatic heterocycles. The van der Waals surface area contributed by atoms with Gasteiger partial charge in [0.05, 0.1) is 17.9 Å². The standard InChI is InChI=1S/C12H18N4/c1-3-10-7-12(15(2)14-10)9-16-6-4-5-11(16)8-13/h4-7H,3,8-9,13H2,1-2H3. The van der Waals surface area contributed by atoms with Crippen LogP contribution < -0.4 is 5.73 Å². The second-order valence-corrected chi connectivity index (χ2v) is 3.94. The van der Waals surface area contributed by atoms with E-state index >= 15 is 0 Å². The van der Waals surface area contributed by atoms with E-state index in [9.17, 15) is 0 Å². The number of rotatable bonds is 4. The van der Waals surface area contributed by atoms with Crippen LogP contribution in [0.4, 0.5) is 0 Å². The van der Waals surface area contributed by atoms with Gasteiger partial charge in [0.1, 0.15) is 0 Å². The molecule has 0 bridgehead atoms. The summed E-state index contributed by atoms with van der Waals surface area (Å²) in [6, 6.07) is 6.23. The summed E-state index contributed by atoms with van der Waals surface area (Å²) in [5, 5.41) is 4.44. The number of aromatic nitrogens is 3. The monoisotopic (exact) mass is 218 g/mol. The van der Waals surface area contributed by atoms with Crippen LogP contribution in [0, 0.1) is 0 Å². The summed E-state index contributed by atoms with van der Waals surface area (Å²) in [6.45, 7) is 3.53. The van der Waals surface area contributed by atoms with E-state index in [-0.39, 0.29) is 0 Å². The maximum absolute atomic E-state index is 5.67. The summed E-state index contributed by atoms with van der Waals surface area (Å²) in [6.07, 6.45) is 3.03. The summed E-state index contributed by atoms with van der Waals surface area (Å²) in [5.41, 5.74) is 9.18. The molecule has 0 aromatic carbocycles. The average Bonchev–Trinajstić information content (AvgIpc) is 2.86. The molecule has 0 aliphatic carbocycles. The van der Waals surface area contributed by atoms with Crippen molar-refractivity contribution in [1.82, 2.24) is 14.3 Å². The summed E-state index contributed by atoms with van der Waals surface area (Å²) in [7, 11) is 1.99. The molecule has 0 radical (unpaired) electrons. The fourth-order valence-electron chi connectivity index (χ4n) is 1.86. The third-order valence-electron chi connectivity index (χ3n) is 2.85. The Balaban J connectivity index is 2.23. The molecule has 0 fully saturated rings. The van der Waals surface area contributed by atoms with Crippen LogP contribution in [-0.4, -0.2) is 14.3 Å². The van der Waals surface area contributed by atoms with E-state index in [0.29, 0.717) is 6.54 Å². The van der Waals surface area contributed by atoms with Crippen molar-refractivity contribution in [3.8, 4) is 0 Å². The number of nitrogens with two attached hydrogens (primary N) is 1. The van der Waals surface area contributed by atoms with Gasteiger partial charge in [0.15, 0.2) is 0 Å². The minimum Gasteiger partial charge on any atom is -0.344 e. The van der Waals surface area contributed by atoms with Crippen LogP contribution >= 0.6 is 0 Å². The van der Waals surface area contributed by atoms with E-state index in [1.54, 1.807) is 0 Å². The van der Waals surface area contributed by atoms with Crippen LogP contribution in [0.1, 0.15) is 24.0 Å². The summed E-state index contributed by atoms with van der Waals surface area (Å²) in [5.74, 6) is 0. The quantitative estimate of drug-likeness (QED) is 0.840. The minimum absolute atomic E-state index is 0.575. The highest BCUT2D eigenvalue weighted by Crippen LogP contribution is 2.09. The van der Waals surface area contributed by atoms with Gasteiger partial charge in [-0.15, -0.1) is 0 Å². The smallest absolute Gasteiger partial charge is 0.0642 e. The predicted molar refractivity (Wildman–Crippen MR) is 64.0 cm³/mol. The number of nitrogens with zero attached hydrogens (tertiary/aromatic N) is 3. The van der Waals surface area contributed by atoms with Gasteiger partial charge in [-0.2, -0.15) is 5.10 Å². The molecule has 0 spiro atoms. The average molecular weight is 218 g/mol. The maximum atomic E-state index is 5.67. The summed E-state index contributed by atoms with van der Waals surface area (Å²) >= 11 is 0. The van der Waals surface area contributed by atoms with Gasteiger partial charge in [0.2, 0.25) is 0 Å². The van der Waals surface area contributed by atoms with E-state index in [4.69, 9.17) is 5.73 Å². The zero-order valence-corrected chi connectivity index (χ0v) is 9.85. The Morgan fingerprint density at radius 2 is 2.19 bits per heavy atom. The van der Waals surface area contributed by atoms with Crippen molar-refractivity contribution in [2.75, 3.05) is 0 Å². The molecule has 2 N–H and O–H groups in total. The van der Waals surface area contributed by atoms with Crippen LogP contribution in [0.25, 0.3) is 0 Å². The Kier molecular flexibility index (Phi) is 3.10. The molecule has 0 aliphatic rings. The van der Waals surface area contributed by atoms with Gasteiger partial charge in [0.25, 0.3) is 0 Å². The molecule has 2 heterocycles. The number of hydrogen-bond donors (Lipinski definition) is 1. The third kappa shape index (κ3) is 2.02. The molecule has 0 saturated heterocycles. The zero-order chi connectivity index (χ0) is 11.5. The molecule has 86 valence electrons. The lowest BCUT2D eigenvalue weighted by molar-refractivity contribution is 0.647. The van der Waals surface area contributed by atoms with E-state index in [1.165, 1.54) is 5.69 Å². The zero-order valence-electron chi connectivity index (χ0n) is 9.85. The highest BCUT2D eigenvalue weighted by molar-refractivity contribution is 5.14. The second kappa shape index (κ2) is 4.53. The number of hydrogen-bond acceptors (Lipinski definition) is 2. The van der Waals surface area contributed by atoms with E-state index in [2.05, 4.69) is 34.9 Å². The summed E-state index contributed by atoms with van der Waals surface area (Å²) < 4.78 is 4.11. The lowest BCUT2D eigenvalue weighted by atomic mass is 10.3. The molecule has 2 aromatic rings. The largest absolute Gasteiger partial charge is 0.344 e. The van der Waals surface area contributed by atoms with E-state index in [0.717, 1.165) is 24.4 Å². The molecule has 2 aromatic heterocycles. The molecule has 0 unspecified atom stereocenters. The van der Waals surface area contributed by atoms with Crippen molar-refractivity contribution in [2.24, 2.45) is 12.8 Å². The first-order valence-corrected chi connectivity index (χ1v) is 5.60. The topological polar surface area (TPSA) is 48.8 Å². The Labute approximate surface area is 95.7 Å². The first-order valence-electron chi connectivity index (χ1n) is 5.60. The van der Waals surface area contributed by atoms with Crippen molar-refractivity contribution >= 4 is 0 Å². The fourth-order valence-corrected chi connectivity index (χ4v) is 1.86. The van der Waals surface area contributed by atoms with Crippen LogP contribution in [0.15, 0.2) is 24.4 Å². The Morgan fingerprint density at radius 3 is 2.81 bits per heavy atom. The molecule has 0 amide bonds. The van der Waals surface area contributed by atoms with Crippen molar-refractivity contribution in [3.05, 3.63) is 41.5 Å². The van der Waals surface area contributed by atoms with Crippen LogP contribution in [0.3, 0.4) is 0 Å². The second-order valence-electron chi connectivity index (χ2n) is 3.94. The molecular weight excluding hydrogens is 200 g/mol. The van der Waals surface area contributed by atoms with Crippen molar-refractivity contribution in [1.29, 1.82) is 0 Å². The van der Waals surface area contributed by atoms with Crippen molar-refractivity contribution in [2.45, 2.75) is 26.4 Å². The highest BCUT2D eigenvalue weighted by atomic mass is 15.3. The van der Waals surface area contributed by atoms with E-state index < -0.39 is 0 Å². The fraction of sp³-hybridized carbons (Fsp3) is 0.417. The molecule has 4 nitrogen and oxygen atoms in total. The number of aryl methyl sites for hydroxylation is 2. The maximum Gasteiger partial charge on any atom is 0.0642 e. The van der Waals surface area contributed by atoms with Crippen LogP contribution in [-0.2, 0) is 26.6 Å². The van der Waals surface area contributed by atoms with Gasteiger partial charge < -0.3 is 10.3 Å². The normalized spacial score (nSPS) is 10.9. The van der Waals surface area contributed by atoms with Gasteiger partial charge >= 0.3 is 0 Å². The molecule has 16 heavy (non-hydrogen) atoms. The molecule has 2 rings (SSSR count). The summed E-state index contributed by atoms with van der Waals surface area (Å²) in [4.78, 5) is 0. The first kappa shape index (κ1) is 11.0. The molecular formula is C12H18N4. The van der Waals surface area contributed by atoms with Crippen LogP contribution in [0.2, 0.25) is 0 Å². The van der Waals surface area contributed by atoms with Crippen molar-refractivity contribution < 1.29 is 0 Å². The van der Waals surface area contributed by atoms with Crippen LogP contribution in [0.5, 0.6) is 0 Å².